The molecule has 0 radical (unpaired) electrons. The standard InChI is InChI=1S/C25H30N2O4/c1-26-24(28)11-10-18-6-8-19(9-7-18)16-20-12-14-27(15-13-20)25(29)23-17-30-21-4-2-3-5-22(21)31-23/h2-9,20,23H,10-17H2,1H3,(H,26,28). The molecule has 1 N–H and O–H groups in total. The first-order valence-corrected chi connectivity index (χ1v) is 11.1. The molecule has 2 aromatic rings. The maximum absolute atomic E-state index is 12.9. The van der Waals surface area contributed by atoms with Crippen LogP contribution in [0.25, 0.3) is 0 Å². The van der Waals surface area contributed by atoms with Crippen LogP contribution in [0.2, 0.25) is 0 Å². The lowest BCUT2D eigenvalue weighted by molar-refractivity contribution is -0.142. The van der Waals surface area contributed by atoms with Gasteiger partial charge in [0.05, 0.1) is 0 Å². The molecular weight excluding hydrogens is 392 g/mol. The Hall–Kier alpha value is -3.02. The molecule has 164 valence electrons. The largest absolute Gasteiger partial charge is 0.485 e. The molecule has 1 saturated heterocycles. The lowest BCUT2D eigenvalue weighted by Crippen LogP contribution is -2.49. The summed E-state index contributed by atoms with van der Waals surface area (Å²) >= 11 is 0. The summed E-state index contributed by atoms with van der Waals surface area (Å²) < 4.78 is 11.6. The molecule has 0 bridgehead atoms. The number of nitrogens with zero attached hydrogens (tertiary/aromatic N) is 1. The van der Waals surface area contributed by atoms with Gasteiger partial charge in [-0.15, -0.1) is 0 Å². The third-order valence-corrected chi connectivity index (χ3v) is 6.18. The lowest BCUT2D eigenvalue weighted by atomic mass is 9.89. The molecule has 0 saturated carbocycles. The van der Waals surface area contributed by atoms with Crippen molar-refractivity contribution in [1.82, 2.24) is 10.2 Å². The van der Waals surface area contributed by atoms with Crippen molar-refractivity contribution in [2.75, 3.05) is 26.7 Å². The average molecular weight is 423 g/mol. The highest BCUT2D eigenvalue weighted by molar-refractivity contribution is 5.82. The minimum absolute atomic E-state index is 0.0217. The summed E-state index contributed by atoms with van der Waals surface area (Å²) in [4.78, 5) is 26.2. The highest BCUT2D eigenvalue weighted by Crippen LogP contribution is 2.32. The summed E-state index contributed by atoms with van der Waals surface area (Å²) in [6, 6.07) is 16.1. The van der Waals surface area contributed by atoms with E-state index in [1.165, 1.54) is 11.1 Å². The van der Waals surface area contributed by atoms with Crippen LogP contribution in [-0.2, 0) is 22.4 Å². The van der Waals surface area contributed by atoms with Crippen molar-refractivity contribution in [3.8, 4) is 11.5 Å². The van der Waals surface area contributed by atoms with Gasteiger partial charge in [0.25, 0.3) is 5.91 Å². The monoisotopic (exact) mass is 422 g/mol. The first-order valence-electron chi connectivity index (χ1n) is 11.1. The van der Waals surface area contributed by atoms with Crippen molar-refractivity contribution in [1.29, 1.82) is 0 Å². The van der Waals surface area contributed by atoms with Gasteiger partial charge in [-0.3, -0.25) is 9.59 Å². The average Bonchev–Trinajstić information content (AvgIpc) is 2.83. The topological polar surface area (TPSA) is 67.9 Å². The number of ether oxygens (including phenoxy) is 2. The number of rotatable bonds is 6. The van der Waals surface area contributed by atoms with Gasteiger partial charge in [-0.05, 0) is 54.9 Å². The summed E-state index contributed by atoms with van der Waals surface area (Å²) in [6.07, 6.45) is 3.73. The van der Waals surface area contributed by atoms with E-state index < -0.39 is 6.10 Å². The van der Waals surface area contributed by atoms with E-state index >= 15 is 0 Å². The van der Waals surface area contributed by atoms with Crippen LogP contribution in [0.15, 0.2) is 48.5 Å². The number of hydrogen-bond acceptors (Lipinski definition) is 4. The summed E-state index contributed by atoms with van der Waals surface area (Å²) in [5.74, 6) is 2.00. The Balaban J connectivity index is 1.23. The molecule has 2 aromatic carbocycles. The second-order valence-corrected chi connectivity index (χ2v) is 8.33. The normalized spacial score (nSPS) is 18.5. The Labute approximate surface area is 183 Å². The Bertz CT molecular complexity index is 904. The van der Waals surface area contributed by atoms with Gasteiger partial charge < -0.3 is 19.7 Å². The highest BCUT2D eigenvalue weighted by atomic mass is 16.6. The van der Waals surface area contributed by atoms with E-state index in [-0.39, 0.29) is 18.4 Å². The molecule has 2 aliphatic heterocycles. The molecule has 2 amide bonds. The minimum Gasteiger partial charge on any atom is -0.485 e. The van der Waals surface area contributed by atoms with Crippen molar-refractivity contribution in [2.45, 2.75) is 38.2 Å². The van der Waals surface area contributed by atoms with E-state index in [9.17, 15) is 9.59 Å². The van der Waals surface area contributed by atoms with E-state index in [0.29, 0.717) is 23.8 Å². The van der Waals surface area contributed by atoms with Gasteiger partial charge in [-0.1, -0.05) is 36.4 Å². The predicted molar refractivity (Wildman–Crippen MR) is 118 cm³/mol. The van der Waals surface area contributed by atoms with Crippen LogP contribution in [0.5, 0.6) is 11.5 Å². The Morgan fingerprint density at radius 2 is 1.68 bits per heavy atom. The fourth-order valence-electron chi connectivity index (χ4n) is 4.26. The van der Waals surface area contributed by atoms with Gasteiger partial charge in [-0.25, -0.2) is 0 Å². The maximum Gasteiger partial charge on any atom is 0.267 e. The molecule has 1 unspecified atom stereocenters. The van der Waals surface area contributed by atoms with Crippen molar-refractivity contribution in [2.24, 2.45) is 5.92 Å². The number of carbonyl (C=O) groups is 2. The first-order chi connectivity index (χ1) is 15.1. The number of aryl methyl sites for hydroxylation is 1. The van der Waals surface area contributed by atoms with Crippen LogP contribution in [0.3, 0.4) is 0 Å². The molecular formula is C25H30N2O4. The number of fused-ring (bicyclic) bond motifs is 1. The molecule has 0 aromatic heterocycles. The van der Waals surface area contributed by atoms with Crippen LogP contribution >= 0.6 is 0 Å². The van der Waals surface area contributed by atoms with Gasteiger partial charge in [-0.2, -0.15) is 0 Å². The first kappa shape index (κ1) is 21.2. The quantitative estimate of drug-likeness (QED) is 0.777. The van der Waals surface area contributed by atoms with Gasteiger partial charge in [0, 0.05) is 26.6 Å². The lowest BCUT2D eigenvalue weighted by Gasteiger charge is -2.35. The molecule has 6 nitrogen and oxygen atoms in total. The Morgan fingerprint density at radius 1 is 1.00 bits per heavy atom. The van der Waals surface area contributed by atoms with Crippen molar-refractivity contribution in [3.05, 3.63) is 59.7 Å². The smallest absolute Gasteiger partial charge is 0.267 e. The fourth-order valence-corrected chi connectivity index (χ4v) is 4.26. The number of nitrogens with one attached hydrogen (secondary N) is 1. The van der Waals surface area contributed by atoms with Crippen LogP contribution in [0.4, 0.5) is 0 Å². The van der Waals surface area contributed by atoms with Crippen molar-refractivity contribution in [3.63, 3.8) is 0 Å². The molecule has 1 atom stereocenters. The van der Waals surface area contributed by atoms with Crippen molar-refractivity contribution >= 4 is 11.8 Å². The molecule has 0 spiro atoms. The van der Waals surface area contributed by atoms with E-state index in [1.807, 2.05) is 29.2 Å². The second kappa shape index (κ2) is 9.86. The van der Waals surface area contributed by atoms with Crippen molar-refractivity contribution < 1.29 is 19.1 Å². The van der Waals surface area contributed by atoms with Gasteiger partial charge in [0.1, 0.15) is 6.61 Å². The predicted octanol–water partition coefficient (Wildman–Crippen LogP) is 2.99. The van der Waals surface area contributed by atoms with Crippen LogP contribution < -0.4 is 14.8 Å². The molecule has 6 heteroatoms. The van der Waals surface area contributed by atoms with Crippen LogP contribution in [-0.4, -0.2) is 49.6 Å². The van der Waals surface area contributed by atoms with E-state index in [1.54, 1.807) is 7.05 Å². The van der Waals surface area contributed by atoms with Gasteiger partial charge >= 0.3 is 0 Å². The number of likely N-dealkylation sites (tertiary alicyclic amines) is 1. The number of hydrogen-bond donors (Lipinski definition) is 1. The van der Waals surface area contributed by atoms with E-state index in [4.69, 9.17) is 9.47 Å². The Morgan fingerprint density at radius 3 is 2.39 bits per heavy atom. The third kappa shape index (κ3) is 5.37. The maximum atomic E-state index is 12.9. The molecule has 4 rings (SSSR count). The molecule has 2 heterocycles. The Kier molecular flexibility index (Phi) is 6.75. The zero-order valence-corrected chi connectivity index (χ0v) is 18.0. The molecule has 0 aliphatic carbocycles. The minimum atomic E-state index is -0.561. The number of benzene rings is 2. The summed E-state index contributed by atoms with van der Waals surface area (Å²) in [7, 11) is 1.67. The number of piperidine rings is 1. The SMILES string of the molecule is CNC(=O)CCc1ccc(CC2CCN(C(=O)C3COc4ccccc4O3)CC2)cc1. The summed E-state index contributed by atoms with van der Waals surface area (Å²) in [6.45, 7) is 1.78. The molecule has 2 aliphatic rings. The van der Waals surface area contributed by atoms with Crippen LogP contribution in [0.1, 0.15) is 30.4 Å². The summed E-state index contributed by atoms with van der Waals surface area (Å²) in [5.41, 5.74) is 2.50. The van der Waals surface area contributed by atoms with Gasteiger partial charge in [0.2, 0.25) is 12.0 Å². The van der Waals surface area contributed by atoms with E-state index in [0.717, 1.165) is 38.8 Å². The number of amides is 2. The fraction of sp³-hybridized carbons (Fsp3) is 0.440. The van der Waals surface area contributed by atoms with Gasteiger partial charge in [0.15, 0.2) is 11.5 Å². The van der Waals surface area contributed by atoms with E-state index in [2.05, 4.69) is 29.6 Å². The molecule has 31 heavy (non-hydrogen) atoms. The van der Waals surface area contributed by atoms with Crippen LogP contribution in [0, 0.1) is 5.92 Å². The summed E-state index contributed by atoms with van der Waals surface area (Å²) in [5, 5.41) is 2.66. The third-order valence-electron chi connectivity index (χ3n) is 6.18. The second-order valence-electron chi connectivity index (χ2n) is 8.33. The highest BCUT2D eigenvalue weighted by Gasteiger charge is 2.33. The number of carbonyl (C=O) groups excluding carboxylic acids is 2. The zero-order chi connectivity index (χ0) is 21.6. The zero-order valence-electron chi connectivity index (χ0n) is 18.0. The molecule has 1 fully saturated rings. The number of para-hydroxylation sites is 2.